The van der Waals surface area contributed by atoms with Gasteiger partial charge in [-0.1, -0.05) is 25.0 Å². The molecule has 1 amide bonds. The van der Waals surface area contributed by atoms with Gasteiger partial charge in [-0.2, -0.15) is 0 Å². The molecular formula is C18H27N2O+. The van der Waals surface area contributed by atoms with E-state index < -0.39 is 0 Å². The lowest BCUT2D eigenvalue weighted by molar-refractivity contribution is -0.902. The van der Waals surface area contributed by atoms with Gasteiger partial charge < -0.3 is 10.2 Å². The van der Waals surface area contributed by atoms with Crippen LogP contribution in [0.5, 0.6) is 0 Å². The standard InChI is InChI=1S/C18H26N2O/c1-14-5-4-8-17(11-14)19-18(21)13-20-10-9-15-6-2-3-7-16(15)12-20/h4-5,8,11,15-16H,2-3,6-7,9-10,12-13H2,1H3,(H,19,21)/p+1/t15-,16+/m0/s1. The highest BCUT2D eigenvalue weighted by molar-refractivity contribution is 5.91. The quantitative estimate of drug-likeness (QED) is 0.876. The van der Waals surface area contributed by atoms with Gasteiger partial charge in [0.05, 0.1) is 13.1 Å². The molecule has 0 radical (unpaired) electrons. The smallest absolute Gasteiger partial charge is 0.279 e. The minimum Gasteiger partial charge on any atom is -0.327 e. The zero-order valence-electron chi connectivity index (χ0n) is 13.0. The first kappa shape index (κ1) is 14.6. The van der Waals surface area contributed by atoms with Gasteiger partial charge in [-0.3, -0.25) is 4.79 Å². The van der Waals surface area contributed by atoms with Crippen LogP contribution >= 0.6 is 0 Å². The molecular weight excluding hydrogens is 260 g/mol. The SMILES string of the molecule is Cc1cccc(NC(=O)C[NH+]2CC[C@@H]3CCCC[C@@H]3C2)c1. The summed E-state index contributed by atoms with van der Waals surface area (Å²) in [4.78, 5) is 13.7. The fraction of sp³-hybridized carbons (Fsp3) is 0.611. The van der Waals surface area contributed by atoms with Crippen molar-refractivity contribution in [3.63, 3.8) is 0 Å². The number of anilines is 1. The number of benzene rings is 1. The lowest BCUT2D eigenvalue weighted by Gasteiger charge is -2.38. The Balaban J connectivity index is 1.51. The van der Waals surface area contributed by atoms with Crippen LogP contribution in [0.15, 0.2) is 24.3 Å². The maximum absolute atomic E-state index is 12.2. The number of hydrogen-bond acceptors (Lipinski definition) is 1. The first-order valence-electron chi connectivity index (χ1n) is 8.41. The molecule has 0 aromatic heterocycles. The largest absolute Gasteiger partial charge is 0.327 e. The average molecular weight is 287 g/mol. The minimum atomic E-state index is 0.157. The van der Waals surface area contributed by atoms with Crippen molar-refractivity contribution in [2.24, 2.45) is 11.8 Å². The zero-order chi connectivity index (χ0) is 14.7. The minimum absolute atomic E-state index is 0.157. The fourth-order valence-corrected chi connectivity index (χ4v) is 4.11. The summed E-state index contributed by atoms with van der Waals surface area (Å²) >= 11 is 0. The van der Waals surface area contributed by atoms with E-state index in [0.717, 1.165) is 17.5 Å². The van der Waals surface area contributed by atoms with Crippen LogP contribution in [0.2, 0.25) is 0 Å². The van der Waals surface area contributed by atoms with E-state index in [9.17, 15) is 4.79 Å². The number of carbonyl (C=O) groups excluding carboxylic acids is 1. The first-order chi connectivity index (χ1) is 10.2. The third kappa shape index (κ3) is 3.85. The van der Waals surface area contributed by atoms with Crippen molar-refractivity contribution in [3.8, 4) is 0 Å². The van der Waals surface area contributed by atoms with E-state index in [4.69, 9.17) is 0 Å². The van der Waals surface area contributed by atoms with Crippen molar-refractivity contribution in [1.82, 2.24) is 0 Å². The van der Waals surface area contributed by atoms with Crippen molar-refractivity contribution in [2.45, 2.75) is 39.0 Å². The van der Waals surface area contributed by atoms with Crippen LogP contribution in [-0.4, -0.2) is 25.5 Å². The number of likely N-dealkylation sites (tertiary alicyclic amines) is 1. The van der Waals surface area contributed by atoms with Crippen LogP contribution < -0.4 is 10.2 Å². The van der Waals surface area contributed by atoms with Gasteiger partial charge in [-0.15, -0.1) is 0 Å². The number of rotatable bonds is 3. The molecule has 1 heterocycles. The van der Waals surface area contributed by atoms with E-state index in [2.05, 4.69) is 18.3 Å². The third-order valence-electron chi connectivity index (χ3n) is 5.20. The summed E-state index contributed by atoms with van der Waals surface area (Å²) in [5.74, 6) is 1.97. The molecule has 2 aliphatic rings. The van der Waals surface area contributed by atoms with E-state index in [1.807, 2.05) is 18.2 Å². The number of piperidine rings is 1. The van der Waals surface area contributed by atoms with Crippen LogP contribution in [0, 0.1) is 18.8 Å². The van der Waals surface area contributed by atoms with E-state index in [1.54, 1.807) is 0 Å². The maximum atomic E-state index is 12.2. The number of aryl methyl sites for hydroxylation is 1. The Morgan fingerprint density at radius 2 is 2.05 bits per heavy atom. The molecule has 1 saturated heterocycles. The summed E-state index contributed by atoms with van der Waals surface area (Å²) in [6.07, 6.45) is 6.94. The lowest BCUT2D eigenvalue weighted by Crippen LogP contribution is -3.15. The second-order valence-corrected chi connectivity index (χ2v) is 6.89. The lowest BCUT2D eigenvalue weighted by atomic mass is 9.75. The summed E-state index contributed by atoms with van der Waals surface area (Å²) in [7, 11) is 0. The Hall–Kier alpha value is -1.35. The van der Waals surface area contributed by atoms with Crippen molar-refractivity contribution < 1.29 is 9.69 Å². The molecule has 1 aliphatic carbocycles. The molecule has 0 spiro atoms. The van der Waals surface area contributed by atoms with Crippen LogP contribution in [0.4, 0.5) is 5.69 Å². The normalized spacial score (nSPS) is 28.7. The highest BCUT2D eigenvalue weighted by Gasteiger charge is 2.34. The van der Waals surface area contributed by atoms with Crippen molar-refractivity contribution >= 4 is 11.6 Å². The van der Waals surface area contributed by atoms with Gasteiger partial charge in [0, 0.05) is 11.6 Å². The average Bonchev–Trinajstić information content (AvgIpc) is 2.47. The Morgan fingerprint density at radius 1 is 1.24 bits per heavy atom. The molecule has 1 aromatic rings. The molecule has 3 atom stereocenters. The number of hydrogen-bond donors (Lipinski definition) is 2. The van der Waals surface area contributed by atoms with Gasteiger partial charge in [0.2, 0.25) is 0 Å². The Bertz CT molecular complexity index is 500. The second-order valence-electron chi connectivity index (χ2n) is 6.89. The molecule has 3 rings (SSSR count). The summed E-state index contributed by atoms with van der Waals surface area (Å²) < 4.78 is 0. The number of fused-ring (bicyclic) bond motifs is 1. The van der Waals surface area contributed by atoms with E-state index >= 15 is 0 Å². The van der Waals surface area contributed by atoms with E-state index in [-0.39, 0.29) is 5.91 Å². The van der Waals surface area contributed by atoms with Crippen LogP contribution in [0.25, 0.3) is 0 Å². The van der Waals surface area contributed by atoms with Crippen molar-refractivity contribution in [3.05, 3.63) is 29.8 Å². The molecule has 21 heavy (non-hydrogen) atoms. The van der Waals surface area contributed by atoms with Gasteiger partial charge in [0.1, 0.15) is 0 Å². The molecule has 1 unspecified atom stereocenters. The number of amides is 1. The Labute approximate surface area is 127 Å². The molecule has 1 saturated carbocycles. The highest BCUT2D eigenvalue weighted by Crippen LogP contribution is 2.32. The van der Waals surface area contributed by atoms with Gasteiger partial charge in [-0.05, 0) is 49.8 Å². The van der Waals surface area contributed by atoms with Crippen LogP contribution in [0.3, 0.4) is 0 Å². The molecule has 0 bridgehead atoms. The van der Waals surface area contributed by atoms with Gasteiger partial charge in [0.15, 0.2) is 6.54 Å². The first-order valence-corrected chi connectivity index (χ1v) is 8.41. The molecule has 2 fully saturated rings. The van der Waals surface area contributed by atoms with Gasteiger partial charge in [-0.25, -0.2) is 0 Å². The van der Waals surface area contributed by atoms with E-state index in [1.165, 1.54) is 55.7 Å². The topological polar surface area (TPSA) is 33.5 Å². The number of nitrogens with one attached hydrogen (secondary N) is 2. The number of carbonyl (C=O) groups is 1. The molecule has 2 N–H and O–H groups in total. The molecule has 3 heteroatoms. The van der Waals surface area contributed by atoms with Crippen molar-refractivity contribution in [1.29, 1.82) is 0 Å². The zero-order valence-corrected chi connectivity index (χ0v) is 13.0. The Kier molecular flexibility index (Phi) is 4.59. The summed E-state index contributed by atoms with van der Waals surface area (Å²) in [5, 5.41) is 3.04. The fourth-order valence-electron chi connectivity index (χ4n) is 4.11. The predicted molar refractivity (Wildman–Crippen MR) is 85.4 cm³/mol. The third-order valence-corrected chi connectivity index (χ3v) is 5.20. The van der Waals surface area contributed by atoms with Crippen LogP contribution in [-0.2, 0) is 4.79 Å². The van der Waals surface area contributed by atoms with Gasteiger partial charge >= 0.3 is 0 Å². The molecule has 1 aromatic carbocycles. The second kappa shape index (κ2) is 6.61. The molecule has 114 valence electrons. The molecule has 1 aliphatic heterocycles. The highest BCUT2D eigenvalue weighted by atomic mass is 16.2. The van der Waals surface area contributed by atoms with E-state index in [0.29, 0.717) is 6.54 Å². The summed E-state index contributed by atoms with van der Waals surface area (Å²) in [6.45, 7) is 5.04. The maximum Gasteiger partial charge on any atom is 0.279 e. The number of quaternary nitrogens is 1. The van der Waals surface area contributed by atoms with Gasteiger partial charge in [0.25, 0.3) is 5.91 Å². The van der Waals surface area contributed by atoms with Crippen molar-refractivity contribution in [2.75, 3.05) is 25.0 Å². The summed E-state index contributed by atoms with van der Waals surface area (Å²) in [6, 6.07) is 8.04. The predicted octanol–water partition coefficient (Wildman–Crippen LogP) is 2.03. The Morgan fingerprint density at radius 3 is 2.86 bits per heavy atom. The van der Waals surface area contributed by atoms with Crippen LogP contribution in [0.1, 0.15) is 37.7 Å². The molecule has 3 nitrogen and oxygen atoms in total. The summed E-state index contributed by atoms with van der Waals surface area (Å²) in [5.41, 5.74) is 2.11. The monoisotopic (exact) mass is 287 g/mol.